The molecule has 1 N–H and O–H groups in total. The standard InChI is InChI=1S/C11H20F3NO3Si/c1-7(2)6-8(9(16)18-19(3,4)5)15-10(17)11(12,13)14/h7-8H,6H2,1-5H3,(H,15,17)/t8-/m0/s1. The van der Waals surface area contributed by atoms with E-state index < -0.39 is 32.4 Å². The van der Waals surface area contributed by atoms with Crippen molar-refractivity contribution in [1.82, 2.24) is 5.32 Å². The van der Waals surface area contributed by atoms with Crippen LogP contribution in [0.2, 0.25) is 19.6 Å². The lowest BCUT2D eigenvalue weighted by Gasteiger charge is -2.24. The fourth-order valence-corrected chi connectivity index (χ4v) is 2.04. The third-order valence-corrected chi connectivity index (χ3v) is 2.77. The van der Waals surface area contributed by atoms with Gasteiger partial charge in [0.05, 0.1) is 0 Å². The summed E-state index contributed by atoms with van der Waals surface area (Å²) < 4.78 is 41.7. The highest BCUT2D eigenvalue weighted by molar-refractivity contribution is 6.71. The molecule has 0 aromatic heterocycles. The minimum Gasteiger partial charge on any atom is -0.518 e. The first-order valence-corrected chi connectivity index (χ1v) is 9.34. The Morgan fingerprint density at radius 1 is 1.21 bits per heavy atom. The van der Waals surface area contributed by atoms with Gasteiger partial charge in [0, 0.05) is 0 Å². The summed E-state index contributed by atoms with van der Waals surface area (Å²) in [5.74, 6) is -2.97. The van der Waals surface area contributed by atoms with Crippen LogP contribution in [0.5, 0.6) is 0 Å². The number of amides is 1. The summed E-state index contributed by atoms with van der Waals surface area (Å²) in [6.07, 6.45) is -4.90. The molecule has 0 saturated heterocycles. The van der Waals surface area contributed by atoms with Gasteiger partial charge in [0.1, 0.15) is 6.04 Å². The first kappa shape index (κ1) is 17.9. The second-order valence-electron chi connectivity index (χ2n) is 5.69. The van der Waals surface area contributed by atoms with Crippen molar-refractivity contribution in [1.29, 1.82) is 0 Å². The molecule has 0 bridgehead atoms. The molecule has 112 valence electrons. The van der Waals surface area contributed by atoms with E-state index in [4.69, 9.17) is 4.43 Å². The number of halogens is 3. The lowest BCUT2D eigenvalue weighted by molar-refractivity contribution is -0.175. The molecule has 0 aliphatic carbocycles. The van der Waals surface area contributed by atoms with Gasteiger partial charge < -0.3 is 9.74 Å². The van der Waals surface area contributed by atoms with Gasteiger partial charge in [0.2, 0.25) is 8.32 Å². The van der Waals surface area contributed by atoms with Gasteiger partial charge in [-0.05, 0) is 32.0 Å². The molecule has 1 atom stereocenters. The van der Waals surface area contributed by atoms with Gasteiger partial charge in [0.15, 0.2) is 0 Å². The van der Waals surface area contributed by atoms with Crippen molar-refractivity contribution in [2.45, 2.75) is 52.1 Å². The highest BCUT2D eigenvalue weighted by atomic mass is 28.4. The van der Waals surface area contributed by atoms with Crippen LogP contribution in [0.3, 0.4) is 0 Å². The zero-order valence-electron chi connectivity index (χ0n) is 11.7. The molecule has 0 saturated carbocycles. The number of alkyl halides is 3. The van der Waals surface area contributed by atoms with Crippen molar-refractivity contribution < 1.29 is 27.2 Å². The van der Waals surface area contributed by atoms with Crippen LogP contribution < -0.4 is 5.32 Å². The molecular weight excluding hydrogens is 279 g/mol. The zero-order chi connectivity index (χ0) is 15.4. The van der Waals surface area contributed by atoms with Gasteiger partial charge in [-0.2, -0.15) is 13.2 Å². The number of hydrogen-bond acceptors (Lipinski definition) is 3. The maximum atomic E-state index is 12.2. The van der Waals surface area contributed by atoms with E-state index in [1.165, 1.54) is 0 Å². The zero-order valence-corrected chi connectivity index (χ0v) is 12.7. The van der Waals surface area contributed by atoms with Crippen LogP contribution in [-0.2, 0) is 14.0 Å². The first-order valence-electron chi connectivity index (χ1n) is 5.93. The largest absolute Gasteiger partial charge is 0.518 e. The second-order valence-corrected chi connectivity index (χ2v) is 10.1. The number of nitrogens with one attached hydrogen (secondary N) is 1. The van der Waals surface area contributed by atoms with Crippen molar-refractivity contribution in [3.8, 4) is 0 Å². The van der Waals surface area contributed by atoms with E-state index in [9.17, 15) is 22.8 Å². The maximum absolute atomic E-state index is 12.2. The molecular formula is C11H20F3NO3Si. The third kappa shape index (κ3) is 7.86. The second kappa shape index (κ2) is 6.40. The summed E-state index contributed by atoms with van der Waals surface area (Å²) >= 11 is 0. The molecule has 0 aliphatic rings. The summed E-state index contributed by atoms with van der Waals surface area (Å²) in [5, 5.41) is 1.69. The summed E-state index contributed by atoms with van der Waals surface area (Å²) in [6, 6.07) is -1.26. The molecule has 0 fully saturated rings. The molecule has 0 rings (SSSR count). The van der Waals surface area contributed by atoms with Crippen LogP contribution in [0.1, 0.15) is 20.3 Å². The Labute approximate surface area is 111 Å². The first-order chi connectivity index (χ1) is 8.33. The van der Waals surface area contributed by atoms with Gasteiger partial charge in [-0.25, -0.2) is 0 Å². The molecule has 0 aromatic rings. The van der Waals surface area contributed by atoms with Crippen molar-refractivity contribution >= 4 is 20.2 Å². The fraction of sp³-hybridized carbons (Fsp3) is 0.818. The normalized spacial score (nSPS) is 14.2. The Hall–Kier alpha value is -1.05. The molecule has 19 heavy (non-hydrogen) atoms. The third-order valence-electron chi connectivity index (χ3n) is 1.96. The Morgan fingerprint density at radius 2 is 1.68 bits per heavy atom. The molecule has 0 aromatic carbocycles. The van der Waals surface area contributed by atoms with Crippen molar-refractivity contribution in [2.75, 3.05) is 0 Å². The predicted octanol–water partition coefficient (Wildman–Crippen LogP) is 2.46. The number of carbonyl (C=O) groups excluding carboxylic acids is 2. The van der Waals surface area contributed by atoms with E-state index in [2.05, 4.69) is 0 Å². The van der Waals surface area contributed by atoms with Crippen LogP contribution in [0.4, 0.5) is 13.2 Å². The van der Waals surface area contributed by atoms with Gasteiger partial charge in [-0.1, -0.05) is 13.8 Å². The molecule has 0 radical (unpaired) electrons. The maximum Gasteiger partial charge on any atom is 0.471 e. The van der Waals surface area contributed by atoms with Gasteiger partial charge >= 0.3 is 18.1 Å². The predicted molar refractivity (Wildman–Crippen MR) is 66.9 cm³/mol. The lowest BCUT2D eigenvalue weighted by Crippen LogP contribution is -2.49. The van der Waals surface area contributed by atoms with E-state index in [0.717, 1.165) is 0 Å². The average Bonchev–Trinajstić information content (AvgIpc) is 2.11. The summed E-state index contributed by atoms with van der Waals surface area (Å²) in [5.41, 5.74) is 0. The quantitative estimate of drug-likeness (QED) is 0.793. The highest BCUT2D eigenvalue weighted by Gasteiger charge is 2.41. The molecule has 8 heteroatoms. The summed E-state index contributed by atoms with van der Waals surface area (Å²) in [4.78, 5) is 22.7. The van der Waals surface area contributed by atoms with Crippen molar-refractivity contribution in [3.05, 3.63) is 0 Å². The molecule has 0 aliphatic heterocycles. The lowest BCUT2D eigenvalue weighted by atomic mass is 10.0. The minimum atomic E-state index is -5.01. The fourth-order valence-electron chi connectivity index (χ4n) is 1.30. The number of hydrogen-bond donors (Lipinski definition) is 1. The minimum absolute atomic E-state index is 0.0484. The Kier molecular flexibility index (Phi) is 6.05. The van der Waals surface area contributed by atoms with E-state index in [1.807, 2.05) is 0 Å². The van der Waals surface area contributed by atoms with Crippen LogP contribution in [-0.4, -0.2) is 32.4 Å². The Morgan fingerprint density at radius 3 is 2.00 bits per heavy atom. The van der Waals surface area contributed by atoms with E-state index in [0.29, 0.717) is 0 Å². The van der Waals surface area contributed by atoms with Gasteiger partial charge in [-0.15, -0.1) is 0 Å². The SMILES string of the molecule is CC(C)C[C@H](NC(=O)C(F)(F)F)C(=O)O[Si](C)(C)C. The number of carbonyl (C=O) groups is 2. The summed E-state index contributed by atoms with van der Waals surface area (Å²) in [7, 11) is -2.21. The monoisotopic (exact) mass is 299 g/mol. The van der Waals surface area contributed by atoms with Gasteiger partial charge in [0.25, 0.3) is 0 Å². The van der Waals surface area contributed by atoms with Gasteiger partial charge in [-0.3, -0.25) is 9.59 Å². The molecule has 1 amide bonds. The van der Waals surface area contributed by atoms with E-state index >= 15 is 0 Å². The molecule has 0 spiro atoms. The van der Waals surface area contributed by atoms with Crippen LogP contribution >= 0.6 is 0 Å². The molecule has 4 nitrogen and oxygen atoms in total. The Bertz CT molecular complexity index is 337. The molecule has 0 heterocycles. The van der Waals surface area contributed by atoms with Crippen LogP contribution in [0.25, 0.3) is 0 Å². The Balaban J connectivity index is 4.82. The smallest absolute Gasteiger partial charge is 0.471 e. The van der Waals surface area contributed by atoms with Crippen LogP contribution in [0, 0.1) is 5.92 Å². The van der Waals surface area contributed by atoms with Crippen LogP contribution in [0.15, 0.2) is 0 Å². The van der Waals surface area contributed by atoms with E-state index in [-0.39, 0.29) is 12.3 Å². The topological polar surface area (TPSA) is 55.4 Å². The highest BCUT2D eigenvalue weighted by Crippen LogP contribution is 2.17. The molecule has 0 unspecified atom stereocenters. The number of rotatable bonds is 5. The van der Waals surface area contributed by atoms with Crippen molar-refractivity contribution in [2.24, 2.45) is 5.92 Å². The van der Waals surface area contributed by atoms with E-state index in [1.54, 1.807) is 38.8 Å². The summed E-state index contributed by atoms with van der Waals surface area (Å²) in [6.45, 7) is 8.71. The average molecular weight is 299 g/mol. The van der Waals surface area contributed by atoms with Crippen molar-refractivity contribution in [3.63, 3.8) is 0 Å².